The Kier molecular flexibility index (Phi) is 4.90. The van der Waals surface area contributed by atoms with E-state index in [0.29, 0.717) is 0 Å². The van der Waals surface area contributed by atoms with Gasteiger partial charge in [-0.3, -0.25) is 4.79 Å². The van der Waals surface area contributed by atoms with Gasteiger partial charge in [0, 0.05) is 12.3 Å². The van der Waals surface area contributed by atoms with Crippen molar-refractivity contribution in [2.75, 3.05) is 0 Å². The van der Waals surface area contributed by atoms with Crippen LogP contribution in [-0.4, -0.2) is 17.0 Å². The number of unbranched alkanes of at least 4 members (excludes halogenated alkanes) is 1. The topological polar surface area (TPSA) is 37.3 Å². The molecule has 0 spiro atoms. The Morgan fingerprint density at radius 2 is 2.18 bits per heavy atom. The minimum Gasteiger partial charge on any atom is -0.481 e. The zero-order chi connectivity index (χ0) is 13.1. The molecule has 1 fully saturated rings. The average Bonchev–Trinajstić information content (AvgIpc) is 2.25. The fourth-order valence-corrected chi connectivity index (χ4v) is 2.75. The summed E-state index contributed by atoms with van der Waals surface area (Å²) in [6.45, 7) is 3.87. The Labute approximate surface area is 101 Å². The van der Waals surface area contributed by atoms with Crippen LogP contribution in [0.3, 0.4) is 0 Å². The van der Waals surface area contributed by atoms with E-state index in [4.69, 9.17) is 5.11 Å². The molecule has 17 heavy (non-hydrogen) atoms. The molecule has 3 atom stereocenters. The maximum atomic E-state index is 13.8. The SMILES string of the molecule is CCCCC(C)C1CC(C(=O)O)CCC1(F)F. The predicted octanol–water partition coefficient (Wildman–Crippen LogP) is 3.95. The maximum absolute atomic E-state index is 13.8. The quantitative estimate of drug-likeness (QED) is 0.799. The number of hydrogen-bond donors (Lipinski definition) is 1. The van der Waals surface area contributed by atoms with Crippen LogP contribution in [0.15, 0.2) is 0 Å². The van der Waals surface area contributed by atoms with Crippen LogP contribution in [0.25, 0.3) is 0 Å². The van der Waals surface area contributed by atoms with Crippen molar-refractivity contribution in [3.63, 3.8) is 0 Å². The molecule has 4 heteroatoms. The van der Waals surface area contributed by atoms with Crippen LogP contribution in [0, 0.1) is 17.8 Å². The summed E-state index contributed by atoms with van der Waals surface area (Å²) in [4.78, 5) is 10.9. The summed E-state index contributed by atoms with van der Waals surface area (Å²) in [5, 5.41) is 8.94. The summed E-state index contributed by atoms with van der Waals surface area (Å²) in [5.41, 5.74) is 0. The Balaban J connectivity index is 2.66. The number of halogens is 2. The van der Waals surface area contributed by atoms with E-state index in [9.17, 15) is 13.6 Å². The first kappa shape index (κ1) is 14.4. The number of rotatable bonds is 5. The molecule has 2 nitrogen and oxygen atoms in total. The second-order valence-corrected chi connectivity index (χ2v) is 5.30. The molecular weight excluding hydrogens is 226 g/mol. The monoisotopic (exact) mass is 248 g/mol. The first-order valence-electron chi connectivity index (χ1n) is 6.49. The maximum Gasteiger partial charge on any atom is 0.306 e. The number of alkyl halides is 2. The van der Waals surface area contributed by atoms with Gasteiger partial charge in [0.05, 0.1) is 5.92 Å². The fourth-order valence-electron chi connectivity index (χ4n) is 2.75. The lowest BCUT2D eigenvalue weighted by atomic mass is 9.72. The molecule has 0 saturated heterocycles. The van der Waals surface area contributed by atoms with Gasteiger partial charge < -0.3 is 5.11 Å². The largest absolute Gasteiger partial charge is 0.481 e. The van der Waals surface area contributed by atoms with E-state index in [1.807, 2.05) is 13.8 Å². The van der Waals surface area contributed by atoms with E-state index in [1.165, 1.54) is 0 Å². The number of hydrogen-bond acceptors (Lipinski definition) is 1. The van der Waals surface area contributed by atoms with E-state index in [-0.39, 0.29) is 25.2 Å². The van der Waals surface area contributed by atoms with Crippen molar-refractivity contribution in [1.29, 1.82) is 0 Å². The molecule has 1 aliphatic carbocycles. The minimum atomic E-state index is -2.68. The molecule has 0 amide bonds. The van der Waals surface area contributed by atoms with Gasteiger partial charge in [-0.25, -0.2) is 8.78 Å². The second-order valence-electron chi connectivity index (χ2n) is 5.30. The van der Waals surface area contributed by atoms with Crippen LogP contribution in [-0.2, 0) is 4.79 Å². The molecule has 100 valence electrons. The lowest BCUT2D eigenvalue weighted by Gasteiger charge is -2.38. The number of carbonyl (C=O) groups is 1. The molecule has 0 aromatic carbocycles. The standard InChI is InChI=1S/C13H22F2O2/c1-3-4-5-9(2)11-8-10(12(16)17)6-7-13(11,14)15/h9-11H,3-8H2,1-2H3,(H,16,17). The molecule has 1 saturated carbocycles. The molecule has 0 aromatic rings. The van der Waals surface area contributed by atoms with Crippen molar-refractivity contribution in [1.82, 2.24) is 0 Å². The Morgan fingerprint density at radius 3 is 2.71 bits per heavy atom. The molecule has 0 radical (unpaired) electrons. The van der Waals surface area contributed by atoms with Crippen molar-refractivity contribution in [2.45, 2.75) is 58.3 Å². The Hall–Kier alpha value is -0.670. The molecule has 0 aliphatic heterocycles. The molecule has 3 unspecified atom stereocenters. The summed E-state index contributed by atoms with van der Waals surface area (Å²) in [6, 6.07) is 0. The van der Waals surface area contributed by atoms with Crippen LogP contribution in [0.2, 0.25) is 0 Å². The molecule has 1 rings (SSSR count). The highest BCUT2D eigenvalue weighted by Crippen LogP contribution is 2.45. The van der Waals surface area contributed by atoms with Gasteiger partial charge in [-0.05, 0) is 18.8 Å². The highest BCUT2D eigenvalue weighted by Gasteiger charge is 2.48. The first-order chi connectivity index (χ1) is 7.88. The highest BCUT2D eigenvalue weighted by atomic mass is 19.3. The van der Waals surface area contributed by atoms with Gasteiger partial charge in [0.2, 0.25) is 0 Å². The van der Waals surface area contributed by atoms with Gasteiger partial charge in [0.15, 0.2) is 0 Å². The van der Waals surface area contributed by atoms with Crippen molar-refractivity contribution in [3.8, 4) is 0 Å². The van der Waals surface area contributed by atoms with Crippen LogP contribution in [0.5, 0.6) is 0 Å². The third-order valence-electron chi connectivity index (χ3n) is 3.96. The molecule has 1 N–H and O–H groups in total. The Bertz CT molecular complexity index is 266. The van der Waals surface area contributed by atoms with E-state index < -0.39 is 23.7 Å². The summed E-state index contributed by atoms with van der Waals surface area (Å²) in [7, 11) is 0. The summed E-state index contributed by atoms with van der Waals surface area (Å²) < 4.78 is 27.6. The third-order valence-corrected chi connectivity index (χ3v) is 3.96. The minimum absolute atomic E-state index is 0.0906. The summed E-state index contributed by atoms with van der Waals surface area (Å²) in [5.74, 6) is -5.04. The predicted molar refractivity (Wildman–Crippen MR) is 62.1 cm³/mol. The smallest absolute Gasteiger partial charge is 0.306 e. The molecule has 0 heterocycles. The number of aliphatic carboxylic acids is 1. The normalized spacial score (nSPS) is 29.9. The van der Waals surface area contributed by atoms with Gasteiger partial charge in [0.1, 0.15) is 0 Å². The number of carboxylic acid groups (broad SMARTS) is 1. The zero-order valence-corrected chi connectivity index (χ0v) is 10.6. The zero-order valence-electron chi connectivity index (χ0n) is 10.6. The van der Waals surface area contributed by atoms with E-state index >= 15 is 0 Å². The van der Waals surface area contributed by atoms with Crippen LogP contribution < -0.4 is 0 Å². The van der Waals surface area contributed by atoms with Crippen molar-refractivity contribution in [3.05, 3.63) is 0 Å². The van der Waals surface area contributed by atoms with Gasteiger partial charge >= 0.3 is 5.97 Å². The Morgan fingerprint density at radius 1 is 1.53 bits per heavy atom. The average molecular weight is 248 g/mol. The molecule has 0 bridgehead atoms. The van der Waals surface area contributed by atoms with Crippen molar-refractivity contribution >= 4 is 5.97 Å². The van der Waals surface area contributed by atoms with Crippen LogP contribution in [0.1, 0.15) is 52.4 Å². The third kappa shape index (κ3) is 3.65. The summed E-state index contributed by atoms with van der Waals surface area (Å²) >= 11 is 0. The lowest BCUT2D eigenvalue weighted by molar-refractivity contribution is -0.154. The molecule has 1 aliphatic rings. The van der Waals surface area contributed by atoms with Gasteiger partial charge in [-0.1, -0.05) is 33.1 Å². The van der Waals surface area contributed by atoms with Gasteiger partial charge in [-0.2, -0.15) is 0 Å². The first-order valence-corrected chi connectivity index (χ1v) is 6.49. The molecule has 0 aromatic heterocycles. The number of carboxylic acids is 1. The van der Waals surface area contributed by atoms with Gasteiger partial charge in [-0.15, -0.1) is 0 Å². The van der Waals surface area contributed by atoms with E-state index in [2.05, 4.69) is 0 Å². The van der Waals surface area contributed by atoms with E-state index in [0.717, 1.165) is 19.3 Å². The molecular formula is C13H22F2O2. The summed E-state index contributed by atoms with van der Waals surface area (Å²) in [6.07, 6.45) is 2.66. The second kappa shape index (κ2) is 5.78. The van der Waals surface area contributed by atoms with E-state index in [1.54, 1.807) is 0 Å². The fraction of sp³-hybridized carbons (Fsp3) is 0.923. The van der Waals surface area contributed by atoms with Gasteiger partial charge in [0.25, 0.3) is 5.92 Å². The highest BCUT2D eigenvalue weighted by molar-refractivity contribution is 5.70. The lowest BCUT2D eigenvalue weighted by Crippen LogP contribution is -2.41. The van der Waals surface area contributed by atoms with Crippen molar-refractivity contribution in [2.24, 2.45) is 17.8 Å². The van der Waals surface area contributed by atoms with Crippen molar-refractivity contribution < 1.29 is 18.7 Å². The van der Waals surface area contributed by atoms with Crippen LogP contribution >= 0.6 is 0 Å². The van der Waals surface area contributed by atoms with Crippen LogP contribution in [0.4, 0.5) is 8.78 Å².